The lowest BCUT2D eigenvalue weighted by Crippen LogP contribution is -2.50. The Bertz CT molecular complexity index is 231. The monoisotopic (exact) mass is 228 g/mol. The number of carbonyl (C=O) groups excluding carboxylic acids is 1. The van der Waals surface area contributed by atoms with Crippen molar-refractivity contribution in [2.45, 2.75) is 37.5 Å². The predicted molar refractivity (Wildman–Crippen MR) is 63.8 cm³/mol. The summed E-state index contributed by atoms with van der Waals surface area (Å²) < 4.78 is 0. The highest BCUT2D eigenvalue weighted by atomic mass is 32.2. The number of hydrogen-bond donors (Lipinski definition) is 1. The Morgan fingerprint density at radius 3 is 2.87 bits per heavy atom. The molecule has 0 aromatic rings. The normalized spacial score (nSPS) is 36.9. The van der Waals surface area contributed by atoms with Crippen LogP contribution in [-0.2, 0) is 4.79 Å². The molecular formula is C11H20N2OS. The van der Waals surface area contributed by atoms with Crippen LogP contribution in [0.5, 0.6) is 0 Å². The summed E-state index contributed by atoms with van der Waals surface area (Å²) >= 11 is 1.81. The van der Waals surface area contributed by atoms with Gasteiger partial charge >= 0.3 is 0 Å². The molecule has 1 amide bonds. The third-order valence-electron chi connectivity index (χ3n) is 3.21. The maximum absolute atomic E-state index is 12.1. The first-order valence-corrected chi connectivity index (χ1v) is 6.87. The van der Waals surface area contributed by atoms with Crippen molar-refractivity contribution < 1.29 is 4.79 Å². The minimum atomic E-state index is 0.184. The number of nitrogens with zero attached hydrogens (tertiary/aromatic N) is 1. The third kappa shape index (κ3) is 2.67. The van der Waals surface area contributed by atoms with Crippen molar-refractivity contribution in [1.82, 2.24) is 4.90 Å². The average molecular weight is 228 g/mol. The highest BCUT2D eigenvalue weighted by molar-refractivity contribution is 8.00. The van der Waals surface area contributed by atoms with Gasteiger partial charge in [0.2, 0.25) is 5.91 Å². The van der Waals surface area contributed by atoms with Gasteiger partial charge in [-0.25, -0.2) is 0 Å². The molecule has 0 radical (unpaired) electrons. The maximum Gasteiger partial charge on any atom is 0.235 e. The maximum atomic E-state index is 12.1. The first-order chi connectivity index (χ1) is 7.16. The number of rotatable bonds is 1. The van der Waals surface area contributed by atoms with Crippen molar-refractivity contribution in [3.05, 3.63) is 0 Å². The molecule has 2 heterocycles. The molecule has 4 heteroatoms. The SMILES string of the molecule is CC1CC(N)CN(C(=O)C2CCCS2)C1. The van der Waals surface area contributed by atoms with Gasteiger partial charge in [-0.2, -0.15) is 0 Å². The molecule has 2 aliphatic heterocycles. The molecule has 2 saturated heterocycles. The van der Waals surface area contributed by atoms with E-state index in [4.69, 9.17) is 5.73 Å². The van der Waals surface area contributed by atoms with Gasteiger partial charge < -0.3 is 10.6 Å². The largest absolute Gasteiger partial charge is 0.340 e. The van der Waals surface area contributed by atoms with Crippen LogP contribution >= 0.6 is 11.8 Å². The molecule has 0 aromatic heterocycles. The lowest BCUT2D eigenvalue weighted by atomic mass is 9.96. The fourth-order valence-corrected chi connectivity index (χ4v) is 3.80. The fourth-order valence-electron chi connectivity index (χ4n) is 2.56. The van der Waals surface area contributed by atoms with E-state index in [0.717, 1.165) is 31.7 Å². The van der Waals surface area contributed by atoms with E-state index >= 15 is 0 Å². The Morgan fingerprint density at radius 1 is 1.47 bits per heavy atom. The Labute approximate surface area is 95.8 Å². The zero-order chi connectivity index (χ0) is 10.8. The van der Waals surface area contributed by atoms with E-state index in [0.29, 0.717) is 11.8 Å². The Hall–Kier alpha value is -0.220. The molecule has 0 spiro atoms. The van der Waals surface area contributed by atoms with E-state index in [2.05, 4.69) is 6.92 Å². The van der Waals surface area contributed by atoms with Crippen LogP contribution in [0.25, 0.3) is 0 Å². The van der Waals surface area contributed by atoms with Crippen LogP contribution in [0.2, 0.25) is 0 Å². The summed E-state index contributed by atoms with van der Waals surface area (Å²) in [5.41, 5.74) is 5.95. The standard InChI is InChI=1S/C11H20N2OS/c1-8-5-9(12)7-13(6-8)11(14)10-3-2-4-15-10/h8-10H,2-7,12H2,1H3. The molecule has 3 atom stereocenters. The summed E-state index contributed by atoms with van der Waals surface area (Å²) in [7, 11) is 0. The van der Waals surface area contributed by atoms with E-state index in [1.54, 1.807) is 0 Å². The number of amides is 1. The van der Waals surface area contributed by atoms with Crippen LogP contribution in [0, 0.1) is 5.92 Å². The quantitative estimate of drug-likeness (QED) is 0.730. The molecule has 2 rings (SSSR count). The van der Waals surface area contributed by atoms with Crippen molar-refractivity contribution in [1.29, 1.82) is 0 Å². The summed E-state index contributed by atoms with van der Waals surface area (Å²) in [6.07, 6.45) is 3.31. The van der Waals surface area contributed by atoms with E-state index in [1.165, 1.54) is 6.42 Å². The number of carbonyl (C=O) groups is 1. The van der Waals surface area contributed by atoms with Crippen LogP contribution in [-0.4, -0.2) is 40.9 Å². The molecule has 86 valence electrons. The number of nitrogens with two attached hydrogens (primary N) is 1. The van der Waals surface area contributed by atoms with Crippen molar-refractivity contribution >= 4 is 17.7 Å². The molecule has 0 aliphatic carbocycles. The van der Waals surface area contributed by atoms with Crippen LogP contribution in [0.3, 0.4) is 0 Å². The molecular weight excluding hydrogens is 208 g/mol. The van der Waals surface area contributed by atoms with Crippen molar-refractivity contribution in [3.8, 4) is 0 Å². The second-order valence-electron chi connectivity index (χ2n) is 4.85. The second-order valence-corrected chi connectivity index (χ2v) is 6.16. The minimum Gasteiger partial charge on any atom is -0.340 e. The fraction of sp³-hybridized carbons (Fsp3) is 0.909. The number of likely N-dealkylation sites (tertiary alicyclic amines) is 1. The highest BCUT2D eigenvalue weighted by Gasteiger charge is 2.32. The van der Waals surface area contributed by atoms with Gasteiger partial charge in [0.25, 0.3) is 0 Å². The molecule has 3 unspecified atom stereocenters. The first kappa shape index (κ1) is 11.3. The van der Waals surface area contributed by atoms with Crippen LogP contribution in [0.15, 0.2) is 0 Å². The summed E-state index contributed by atoms with van der Waals surface area (Å²) in [6, 6.07) is 0.184. The Kier molecular flexibility index (Phi) is 3.57. The Morgan fingerprint density at radius 2 is 2.27 bits per heavy atom. The zero-order valence-electron chi connectivity index (χ0n) is 9.32. The molecule has 2 N–H and O–H groups in total. The second kappa shape index (κ2) is 4.74. The molecule has 3 nitrogen and oxygen atoms in total. The smallest absolute Gasteiger partial charge is 0.235 e. The van der Waals surface area contributed by atoms with Crippen molar-refractivity contribution in [2.75, 3.05) is 18.8 Å². The van der Waals surface area contributed by atoms with Gasteiger partial charge in [0.15, 0.2) is 0 Å². The summed E-state index contributed by atoms with van der Waals surface area (Å²) in [5, 5.41) is 0.225. The zero-order valence-corrected chi connectivity index (χ0v) is 10.1. The summed E-state index contributed by atoms with van der Waals surface area (Å²) in [4.78, 5) is 14.1. The molecule has 2 fully saturated rings. The number of thioether (sulfide) groups is 1. The first-order valence-electron chi connectivity index (χ1n) is 5.83. The van der Waals surface area contributed by atoms with E-state index in [1.807, 2.05) is 16.7 Å². The minimum absolute atomic E-state index is 0.184. The molecule has 0 bridgehead atoms. The lowest BCUT2D eigenvalue weighted by Gasteiger charge is -2.36. The summed E-state index contributed by atoms with van der Waals surface area (Å²) in [6.45, 7) is 3.85. The van der Waals surface area contributed by atoms with Crippen LogP contribution in [0.4, 0.5) is 0 Å². The van der Waals surface area contributed by atoms with Gasteiger partial charge in [0, 0.05) is 19.1 Å². The molecule has 2 aliphatic rings. The van der Waals surface area contributed by atoms with Gasteiger partial charge in [-0.1, -0.05) is 6.92 Å². The van der Waals surface area contributed by atoms with Gasteiger partial charge in [0.05, 0.1) is 5.25 Å². The summed E-state index contributed by atoms with van der Waals surface area (Å²) in [5.74, 6) is 2.04. The predicted octanol–water partition coefficient (Wildman–Crippen LogP) is 1.08. The Balaban J connectivity index is 1.93. The highest BCUT2D eigenvalue weighted by Crippen LogP contribution is 2.29. The van der Waals surface area contributed by atoms with Gasteiger partial charge in [0.1, 0.15) is 0 Å². The topological polar surface area (TPSA) is 46.3 Å². The molecule has 15 heavy (non-hydrogen) atoms. The third-order valence-corrected chi connectivity index (χ3v) is 4.57. The van der Waals surface area contributed by atoms with E-state index in [-0.39, 0.29) is 11.3 Å². The van der Waals surface area contributed by atoms with E-state index < -0.39 is 0 Å². The average Bonchev–Trinajstić information content (AvgIpc) is 2.67. The number of piperidine rings is 1. The van der Waals surface area contributed by atoms with Crippen molar-refractivity contribution in [3.63, 3.8) is 0 Å². The van der Waals surface area contributed by atoms with E-state index in [9.17, 15) is 4.79 Å². The van der Waals surface area contributed by atoms with Gasteiger partial charge in [-0.15, -0.1) is 11.8 Å². The molecule has 0 saturated carbocycles. The van der Waals surface area contributed by atoms with Gasteiger partial charge in [-0.05, 0) is 30.9 Å². The van der Waals surface area contributed by atoms with Crippen molar-refractivity contribution in [2.24, 2.45) is 11.7 Å². The lowest BCUT2D eigenvalue weighted by molar-refractivity contribution is -0.132. The number of hydrogen-bond acceptors (Lipinski definition) is 3. The van der Waals surface area contributed by atoms with Crippen LogP contribution < -0.4 is 5.73 Å². The molecule has 0 aromatic carbocycles. The van der Waals surface area contributed by atoms with Gasteiger partial charge in [-0.3, -0.25) is 4.79 Å². The van der Waals surface area contributed by atoms with Crippen LogP contribution in [0.1, 0.15) is 26.2 Å².